The van der Waals surface area contributed by atoms with Crippen molar-refractivity contribution in [3.8, 4) is 0 Å². The summed E-state index contributed by atoms with van der Waals surface area (Å²) in [6, 6.07) is 6.47. The monoisotopic (exact) mass is 205 g/mol. The quantitative estimate of drug-likeness (QED) is 0.787. The summed E-state index contributed by atoms with van der Waals surface area (Å²) >= 11 is 0. The van der Waals surface area contributed by atoms with Gasteiger partial charge in [0.05, 0.1) is 5.69 Å². The molecule has 0 fully saturated rings. The molecule has 3 heteroatoms. The second-order valence-corrected chi connectivity index (χ2v) is 3.75. The lowest BCUT2D eigenvalue weighted by atomic mass is 10.1. The predicted molar refractivity (Wildman–Crippen MR) is 65.3 cm³/mol. The van der Waals surface area contributed by atoms with Crippen LogP contribution in [0.15, 0.2) is 18.2 Å². The lowest BCUT2D eigenvalue weighted by Gasteiger charge is -2.19. The number of benzene rings is 1. The van der Waals surface area contributed by atoms with E-state index in [4.69, 9.17) is 0 Å². The average Bonchev–Trinajstić information content (AvgIpc) is 2.64. The van der Waals surface area contributed by atoms with Crippen molar-refractivity contribution in [2.75, 3.05) is 30.0 Å². The van der Waals surface area contributed by atoms with E-state index in [-0.39, 0.29) is 0 Å². The first-order chi connectivity index (χ1) is 7.36. The molecule has 0 unspecified atom stereocenters. The van der Waals surface area contributed by atoms with Crippen LogP contribution < -0.4 is 15.8 Å². The molecule has 0 bridgehead atoms. The summed E-state index contributed by atoms with van der Waals surface area (Å²) in [7, 11) is 0. The summed E-state index contributed by atoms with van der Waals surface area (Å²) in [4.78, 5) is 0. The highest BCUT2D eigenvalue weighted by Crippen LogP contribution is 2.32. The lowest BCUT2D eigenvalue weighted by Crippen LogP contribution is -2.36. The first-order valence-corrected chi connectivity index (χ1v) is 5.73. The Morgan fingerprint density at radius 1 is 1.27 bits per heavy atom. The molecule has 2 N–H and O–H groups in total. The highest BCUT2D eigenvalue weighted by atomic mass is 15.5. The van der Waals surface area contributed by atoms with Gasteiger partial charge in [0.1, 0.15) is 0 Å². The van der Waals surface area contributed by atoms with Gasteiger partial charge < -0.3 is 10.3 Å². The largest absolute Gasteiger partial charge is 0.385 e. The summed E-state index contributed by atoms with van der Waals surface area (Å²) in [5, 5.41) is 5.66. The van der Waals surface area contributed by atoms with E-state index in [2.05, 4.69) is 47.8 Å². The molecule has 82 valence electrons. The van der Waals surface area contributed by atoms with E-state index in [0.29, 0.717) is 0 Å². The third kappa shape index (κ3) is 1.92. The lowest BCUT2D eigenvalue weighted by molar-refractivity contribution is 0.670. The number of fused-ring (bicyclic) bond motifs is 1. The van der Waals surface area contributed by atoms with Crippen LogP contribution in [0.5, 0.6) is 0 Å². The Morgan fingerprint density at radius 2 is 2.13 bits per heavy atom. The van der Waals surface area contributed by atoms with Crippen LogP contribution in [0, 0.1) is 0 Å². The zero-order valence-electron chi connectivity index (χ0n) is 9.51. The minimum Gasteiger partial charge on any atom is -0.385 e. The minimum atomic E-state index is 0.977. The van der Waals surface area contributed by atoms with Crippen LogP contribution in [-0.4, -0.2) is 19.6 Å². The van der Waals surface area contributed by atoms with Gasteiger partial charge in [0.25, 0.3) is 0 Å². The first kappa shape index (κ1) is 10.3. The molecule has 0 saturated heterocycles. The van der Waals surface area contributed by atoms with Gasteiger partial charge in [-0.1, -0.05) is 13.0 Å². The van der Waals surface area contributed by atoms with Crippen molar-refractivity contribution in [1.29, 1.82) is 0 Å². The van der Waals surface area contributed by atoms with Gasteiger partial charge in [-0.2, -0.15) is 0 Å². The van der Waals surface area contributed by atoms with Gasteiger partial charge in [-0.3, -0.25) is 0 Å². The third-order valence-electron chi connectivity index (χ3n) is 2.74. The number of nitrogens with one attached hydrogen (secondary N) is 2. The molecule has 0 spiro atoms. The van der Waals surface area contributed by atoms with Gasteiger partial charge >= 0.3 is 0 Å². The third-order valence-corrected chi connectivity index (χ3v) is 2.74. The van der Waals surface area contributed by atoms with Crippen molar-refractivity contribution in [3.05, 3.63) is 23.8 Å². The molecule has 1 aromatic rings. The Morgan fingerprint density at radius 3 is 2.87 bits per heavy atom. The van der Waals surface area contributed by atoms with Crippen LogP contribution in [0.4, 0.5) is 11.4 Å². The number of rotatable bonds is 4. The van der Waals surface area contributed by atoms with Gasteiger partial charge in [-0.25, -0.2) is 5.43 Å². The minimum absolute atomic E-state index is 0.977. The Bertz CT molecular complexity index is 336. The molecule has 0 saturated carbocycles. The topological polar surface area (TPSA) is 27.3 Å². The van der Waals surface area contributed by atoms with E-state index >= 15 is 0 Å². The molecule has 0 radical (unpaired) electrons. The molecule has 1 aromatic carbocycles. The van der Waals surface area contributed by atoms with Gasteiger partial charge in [0.2, 0.25) is 0 Å². The van der Waals surface area contributed by atoms with Crippen molar-refractivity contribution in [1.82, 2.24) is 5.43 Å². The van der Waals surface area contributed by atoms with Crippen LogP contribution in [0.25, 0.3) is 0 Å². The average molecular weight is 205 g/mol. The normalized spacial score (nSPS) is 14.1. The summed E-state index contributed by atoms with van der Waals surface area (Å²) < 4.78 is 0. The summed E-state index contributed by atoms with van der Waals surface area (Å²) in [6.45, 7) is 7.30. The standard InChI is InChI=1S/C12H19N3/c1-3-13-11-6-5-7-12-10(11)8-9-15(12)14-4-2/h5-7,13-14H,3-4,8-9H2,1-2H3. The fourth-order valence-electron chi connectivity index (χ4n) is 2.15. The van der Waals surface area contributed by atoms with Gasteiger partial charge in [0, 0.05) is 30.9 Å². The van der Waals surface area contributed by atoms with Crippen molar-refractivity contribution in [2.24, 2.45) is 0 Å². The Hall–Kier alpha value is -1.22. The molecule has 0 atom stereocenters. The molecule has 2 rings (SSSR count). The van der Waals surface area contributed by atoms with E-state index in [0.717, 1.165) is 26.1 Å². The van der Waals surface area contributed by atoms with Crippen LogP contribution in [0.2, 0.25) is 0 Å². The molecular weight excluding hydrogens is 186 g/mol. The summed E-state index contributed by atoms with van der Waals surface area (Å²) in [5.41, 5.74) is 7.44. The molecular formula is C12H19N3. The van der Waals surface area contributed by atoms with Crippen LogP contribution in [-0.2, 0) is 6.42 Å². The maximum atomic E-state index is 3.42. The van der Waals surface area contributed by atoms with E-state index in [1.54, 1.807) is 0 Å². The molecule has 0 aliphatic carbocycles. The molecule has 1 aliphatic heterocycles. The number of hydrogen-bond acceptors (Lipinski definition) is 3. The fraction of sp³-hybridized carbons (Fsp3) is 0.500. The molecule has 0 amide bonds. The second-order valence-electron chi connectivity index (χ2n) is 3.75. The number of nitrogens with zero attached hydrogens (tertiary/aromatic N) is 1. The molecule has 0 aromatic heterocycles. The van der Waals surface area contributed by atoms with Crippen LogP contribution in [0.1, 0.15) is 19.4 Å². The van der Waals surface area contributed by atoms with Gasteiger partial charge in [-0.15, -0.1) is 0 Å². The SMILES string of the molecule is CCNc1cccc2c1CCN2NCC. The number of hydrazine groups is 1. The fourth-order valence-corrected chi connectivity index (χ4v) is 2.15. The smallest absolute Gasteiger partial charge is 0.0573 e. The van der Waals surface area contributed by atoms with E-state index < -0.39 is 0 Å². The zero-order chi connectivity index (χ0) is 10.7. The molecule has 1 heterocycles. The van der Waals surface area contributed by atoms with E-state index in [1.165, 1.54) is 16.9 Å². The van der Waals surface area contributed by atoms with Crippen molar-refractivity contribution in [2.45, 2.75) is 20.3 Å². The van der Waals surface area contributed by atoms with Gasteiger partial charge in [0.15, 0.2) is 0 Å². The summed E-state index contributed by atoms with van der Waals surface area (Å²) in [5.74, 6) is 0. The Balaban J connectivity index is 2.26. The number of hydrogen-bond donors (Lipinski definition) is 2. The van der Waals surface area contributed by atoms with Crippen LogP contribution >= 0.6 is 0 Å². The highest BCUT2D eigenvalue weighted by molar-refractivity contribution is 5.69. The van der Waals surface area contributed by atoms with Gasteiger partial charge in [-0.05, 0) is 25.5 Å². The summed E-state index contributed by atoms with van der Waals surface area (Å²) in [6.07, 6.45) is 1.13. The van der Waals surface area contributed by atoms with Crippen molar-refractivity contribution in [3.63, 3.8) is 0 Å². The number of anilines is 2. The highest BCUT2D eigenvalue weighted by Gasteiger charge is 2.20. The molecule has 1 aliphatic rings. The zero-order valence-corrected chi connectivity index (χ0v) is 9.51. The second kappa shape index (κ2) is 4.53. The predicted octanol–water partition coefficient (Wildman–Crippen LogP) is 2.01. The molecule has 15 heavy (non-hydrogen) atoms. The van der Waals surface area contributed by atoms with Crippen LogP contribution in [0.3, 0.4) is 0 Å². The van der Waals surface area contributed by atoms with Crippen molar-refractivity contribution >= 4 is 11.4 Å². The molecule has 3 nitrogen and oxygen atoms in total. The maximum absolute atomic E-state index is 3.42. The van der Waals surface area contributed by atoms with Crippen molar-refractivity contribution < 1.29 is 0 Å². The Kier molecular flexibility index (Phi) is 3.11. The maximum Gasteiger partial charge on any atom is 0.0573 e. The van der Waals surface area contributed by atoms with E-state index in [1.807, 2.05) is 0 Å². The van der Waals surface area contributed by atoms with E-state index in [9.17, 15) is 0 Å². The first-order valence-electron chi connectivity index (χ1n) is 5.73. The Labute approximate surface area is 91.4 Å².